The molecule has 1 aliphatic rings. The Labute approximate surface area is 121 Å². The number of benzene rings is 1. The minimum Gasteiger partial charge on any atom is -0.348 e. The van der Waals surface area contributed by atoms with Crippen LogP contribution in [0.4, 0.5) is 5.69 Å². The number of rotatable bonds is 3. The first-order valence-electron chi connectivity index (χ1n) is 5.53. The summed E-state index contributed by atoms with van der Waals surface area (Å²) >= 11 is 5.77. The Hall–Kier alpha value is -1.37. The number of halogens is 2. The third-order valence-corrected chi connectivity index (χ3v) is 3.03. The summed E-state index contributed by atoms with van der Waals surface area (Å²) in [5.41, 5.74) is -0.234. The van der Waals surface area contributed by atoms with Crippen LogP contribution in [0.15, 0.2) is 18.2 Å². The molecule has 0 spiro atoms. The average molecular weight is 306 g/mol. The molecule has 0 radical (unpaired) electrons. The highest BCUT2D eigenvalue weighted by molar-refractivity contribution is 6.31. The van der Waals surface area contributed by atoms with Gasteiger partial charge in [-0.25, -0.2) is 0 Å². The van der Waals surface area contributed by atoms with Crippen molar-refractivity contribution < 1.29 is 9.72 Å². The predicted molar refractivity (Wildman–Crippen MR) is 74.1 cm³/mol. The van der Waals surface area contributed by atoms with E-state index in [1.165, 1.54) is 18.2 Å². The number of nitro benzene ring substituents is 1. The first-order chi connectivity index (χ1) is 8.58. The summed E-state index contributed by atoms with van der Waals surface area (Å²) in [7, 11) is 0. The zero-order valence-corrected chi connectivity index (χ0v) is 11.5. The fraction of sp³-hybridized carbons (Fsp3) is 0.364. The lowest BCUT2D eigenvalue weighted by Crippen LogP contribution is -2.36. The lowest BCUT2D eigenvalue weighted by atomic mass is 10.1. The highest BCUT2D eigenvalue weighted by Crippen LogP contribution is 2.22. The zero-order chi connectivity index (χ0) is 13.1. The summed E-state index contributed by atoms with van der Waals surface area (Å²) in [6, 6.07) is 3.96. The van der Waals surface area contributed by atoms with Gasteiger partial charge in [0.25, 0.3) is 11.6 Å². The van der Waals surface area contributed by atoms with Gasteiger partial charge in [0, 0.05) is 23.7 Å². The molecular weight excluding hydrogens is 293 g/mol. The molecule has 19 heavy (non-hydrogen) atoms. The average Bonchev–Trinajstić information content (AvgIpc) is 2.81. The van der Waals surface area contributed by atoms with Crippen LogP contribution in [0.2, 0.25) is 5.02 Å². The molecule has 1 fully saturated rings. The molecule has 1 saturated heterocycles. The van der Waals surface area contributed by atoms with E-state index in [4.69, 9.17) is 11.6 Å². The van der Waals surface area contributed by atoms with Crippen LogP contribution in [0.3, 0.4) is 0 Å². The molecule has 1 aromatic carbocycles. The lowest BCUT2D eigenvalue weighted by Gasteiger charge is -2.11. The fourth-order valence-electron chi connectivity index (χ4n) is 1.89. The van der Waals surface area contributed by atoms with Gasteiger partial charge in [-0.1, -0.05) is 11.6 Å². The molecule has 0 saturated carbocycles. The molecule has 2 rings (SSSR count). The van der Waals surface area contributed by atoms with E-state index in [1.807, 2.05) is 0 Å². The maximum Gasteiger partial charge on any atom is 0.282 e. The molecule has 1 heterocycles. The second-order valence-electron chi connectivity index (χ2n) is 4.08. The molecule has 0 bridgehead atoms. The molecule has 1 amide bonds. The van der Waals surface area contributed by atoms with Gasteiger partial charge in [-0.15, -0.1) is 12.4 Å². The molecule has 1 atom stereocenters. The van der Waals surface area contributed by atoms with Crippen LogP contribution in [0.5, 0.6) is 0 Å². The Morgan fingerprint density at radius 3 is 2.84 bits per heavy atom. The smallest absolute Gasteiger partial charge is 0.282 e. The highest BCUT2D eigenvalue weighted by Gasteiger charge is 2.23. The van der Waals surface area contributed by atoms with Gasteiger partial charge < -0.3 is 10.6 Å². The van der Waals surface area contributed by atoms with Gasteiger partial charge in [-0.05, 0) is 25.1 Å². The van der Waals surface area contributed by atoms with Crippen LogP contribution < -0.4 is 10.6 Å². The first-order valence-corrected chi connectivity index (χ1v) is 5.91. The Bertz CT molecular complexity index is 490. The van der Waals surface area contributed by atoms with Crippen LogP contribution >= 0.6 is 24.0 Å². The van der Waals surface area contributed by atoms with E-state index in [9.17, 15) is 14.9 Å². The number of nitro groups is 1. The van der Waals surface area contributed by atoms with Gasteiger partial charge >= 0.3 is 0 Å². The third-order valence-electron chi connectivity index (χ3n) is 2.80. The lowest BCUT2D eigenvalue weighted by molar-refractivity contribution is -0.385. The van der Waals surface area contributed by atoms with Crippen molar-refractivity contribution in [2.75, 3.05) is 13.1 Å². The number of nitrogens with zero attached hydrogens (tertiary/aromatic N) is 1. The molecule has 0 aliphatic carbocycles. The molecule has 2 N–H and O–H groups in total. The highest BCUT2D eigenvalue weighted by atomic mass is 35.5. The maximum atomic E-state index is 12.0. The summed E-state index contributed by atoms with van der Waals surface area (Å²) in [6.45, 7) is 1.52. The number of carbonyl (C=O) groups excluding carboxylic acids is 1. The first kappa shape index (κ1) is 15.7. The summed E-state index contributed by atoms with van der Waals surface area (Å²) in [5, 5.41) is 17.0. The molecule has 1 aliphatic heterocycles. The van der Waals surface area contributed by atoms with Crippen LogP contribution in [0.25, 0.3) is 0 Å². The fourth-order valence-corrected chi connectivity index (χ4v) is 2.06. The normalized spacial score (nSPS) is 17.6. The summed E-state index contributed by atoms with van der Waals surface area (Å²) in [4.78, 5) is 22.2. The van der Waals surface area contributed by atoms with E-state index >= 15 is 0 Å². The SMILES string of the molecule is Cl.O=C(NC1CCNC1)c1cc(Cl)ccc1[N+](=O)[O-]. The van der Waals surface area contributed by atoms with Gasteiger partial charge in [0.2, 0.25) is 0 Å². The van der Waals surface area contributed by atoms with E-state index in [2.05, 4.69) is 10.6 Å². The van der Waals surface area contributed by atoms with Gasteiger partial charge in [0.1, 0.15) is 5.56 Å². The topological polar surface area (TPSA) is 84.3 Å². The quantitative estimate of drug-likeness (QED) is 0.658. The number of carbonyl (C=O) groups is 1. The Morgan fingerprint density at radius 2 is 2.26 bits per heavy atom. The minimum atomic E-state index is -0.585. The summed E-state index contributed by atoms with van der Waals surface area (Å²) in [6.07, 6.45) is 0.820. The van der Waals surface area contributed by atoms with Crippen molar-refractivity contribution in [3.63, 3.8) is 0 Å². The molecule has 1 unspecified atom stereocenters. The number of hydrogen-bond donors (Lipinski definition) is 2. The van der Waals surface area contributed by atoms with Gasteiger partial charge in [-0.2, -0.15) is 0 Å². The van der Waals surface area contributed by atoms with E-state index in [0.717, 1.165) is 13.0 Å². The van der Waals surface area contributed by atoms with Gasteiger partial charge in [0.05, 0.1) is 4.92 Å². The van der Waals surface area contributed by atoms with Crippen LogP contribution in [-0.4, -0.2) is 30.0 Å². The standard InChI is InChI=1S/C11H12ClN3O3.ClH/c12-7-1-2-10(15(17)18)9(5-7)11(16)14-8-3-4-13-6-8;/h1-2,5,8,13H,3-4,6H2,(H,14,16);1H. The van der Waals surface area contributed by atoms with Crippen molar-refractivity contribution in [2.24, 2.45) is 0 Å². The van der Waals surface area contributed by atoms with Crippen molar-refractivity contribution in [3.8, 4) is 0 Å². The second-order valence-corrected chi connectivity index (χ2v) is 4.52. The predicted octanol–water partition coefficient (Wildman–Crippen LogP) is 1.76. The zero-order valence-electron chi connectivity index (χ0n) is 9.89. The molecule has 8 heteroatoms. The Balaban J connectivity index is 0.00000180. The van der Waals surface area contributed by atoms with Crippen LogP contribution in [0, 0.1) is 10.1 Å². The van der Waals surface area contributed by atoms with Crippen molar-refractivity contribution in [1.82, 2.24) is 10.6 Å². The Kier molecular flexibility index (Phi) is 5.53. The molecule has 0 aromatic heterocycles. The van der Waals surface area contributed by atoms with E-state index < -0.39 is 10.8 Å². The summed E-state index contributed by atoms with van der Waals surface area (Å²) in [5.74, 6) is -0.460. The monoisotopic (exact) mass is 305 g/mol. The number of amides is 1. The third kappa shape index (κ3) is 3.79. The number of hydrogen-bond acceptors (Lipinski definition) is 4. The Morgan fingerprint density at radius 1 is 1.53 bits per heavy atom. The molecule has 1 aromatic rings. The van der Waals surface area contributed by atoms with Crippen molar-refractivity contribution >= 4 is 35.6 Å². The van der Waals surface area contributed by atoms with Crippen molar-refractivity contribution in [3.05, 3.63) is 38.9 Å². The van der Waals surface area contributed by atoms with Gasteiger partial charge in [-0.3, -0.25) is 14.9 Å². The molecule has 104 valence electrons. The maximum absolute atomic E-state index is 12.0. The van der Waals surface area contributed by atoms with E-state index in [-0.39, 0.29) is 29.7 Å². The van der Waals surface area contributed by atoms with E-state index in [0.29, 0.717) is 11.6 Å². The van der Waals surface area contributed by atoms with Crippen LogP contribution in [-0.2, 0) is 0 Å². The van der Waals surface area contributed by atoms with Crippen LogP contribution in [0.1, 0.15) is 16.8 Å². The molecule has 6 nitrogen and oxygen atoms in total. The second kappa shape index (κ2) is 6.70. The van der Waals surface area contributed by atoms with Crippen molar-refractivity contribution in [1.29, 1.82) is 0 Å². The number of nitrogens with one attached hydrogen (secondary N) is 2. The minimum absolute atomic E-state index is 0. The largest absolute Gasteiger partial charge is 0.348 e. The van der Waals surface area contributed by atoms with E-state index in [1.54, 1.807) is 0 Å². The van der Waals surface area contributed by atoms with Gasteiger partial charge in [0.15, 0.2) is 0 Å². The van der Waals surface area contributed by atoms with Crippen molar-refractivity contribution in [2.45, 2.75) is 12.5 Å². The summed E-state index contributed by atoms with van der Waals surface area (Å²) < 4.78 is 0. The molecular formula is C11H13Cl2N3O3.